The number of aryl methyl sites for hydroxylation is 1. The summed E-state index contributed by atoms with van der Waals surface area (Å²) in [5, 5.41) is 11.6. The molecule has 0 saturated heterocycles. The topological polar surface area (TPSA) is 59.3 Å². The van der Waals surface area contributed by atoms with Gasteiger partial charge in [0.2, 0.25) is 5.82 Å². The molecule has 0 aliphatic rings. The Morgan fingerprint density at radius 3 is 1.92 bits per heavy atom. The highest BCUT2D eigenvalue weighted by Crippen LogP contribution is 2.31. The van der Waals surface area contributed by atoms with E-state index in [0.717, 1.165) is 11.1 Å². The molecule has 0 amide bonds. The third-order valence-corrected chi connectivity index (χ3v) is 4.02. The van der Waals surface area contributed by atoms with Gasteiger partial charge in [0.15, 0.2) is 0 Å². The van der Waals surface area contributed by atoms with Gasteiger partial charge in [-0.05, 0) is 24.1 Å². The van der Waals surface area contributed by atoms with Gasteiger partial charge in [-0.25, -0.2) is 4.98 Å². The zero-order chi connectivity index (χ0) is 17.6. The number of rotatable bonds is 6. The van der Waals surface area contributed by atoms with Crippen LogP contribution in [0.3, 0.4) is 0 Å². The van der Waals surface area contributed by atoms with Crippen molar-refractivity contribution in [2.24, 2.45) is 0 Å². The fourth-order valence-electron chi connectivity index (χ4n) is 2.81. The van der Waals surface area contributed by atoms with Gasteiger partial charge in [0.05, 0.1) is 4.92 Å². The van der Waals surface area contributed by atoms with Gasteiger partial charge >= 0.3 is 5.69 Å². The lowest BCUT2D eigenvalue weighted by molar-refractivity contribution is -0.384. The Morgan fingerprint density at radius 1 is 0.920 bits per heavy atom. The minimum absolute atomic E-state index is 0.0642. The molecule has 0 unspecified atom stereocenters. The maximum Gasteiger partial charge on any atom is 0.314 e. The van der Waals surface area contributed by atoms with Crippen molar-refractivity contribution in [3.05, 3.63) is 99.7 Å². The molecular formula is C20H19N3O2. The van der Waals surface area contributed by atoms with E-state index < -0.39 is 0 Å². The Balaban J connectivity index is 2.02. The average molecular weight is 333 g/mol. The average Bonchev–Trinajstić information content (AvgIpc) is 2.62. The molecule has 0 aliphatic carbocycles. The van der Waals surface area contributed by atoms with Gasteiger partial charge in [-0.15, -0.1) is 0 Å². The highest BCUT2D eigenvalue weighted by atomic mass is 16.6. The fourth-order valence-corrected chi connectivity index (χ4v) is 2.81. The van der Waals surface area contributed by atoms with Crippen LogP contribution in [0.15, 0.2) is 72.9 Å². The van der Waals surface area contributed by atoms with Crippen molar-refractivity contribution in [3.8, 4) is 0 Å². The van der Waals surface area contributed by atoms with Crippen LogP contribution >= 0.6 is 0 Å². The van der Waals surface area contributed by atoms with Crippen LogP contribution in [0, 0.1) is 17.0 Å². The first-order chi connectivity index (χ1) is 12.1. The molecule has 1 heterocycles. The van der Waals surface area contributed by atoms with Crippen molar-refractivity contribution in [3.63, 3.8) is 0 Å². The summed E-state index contributed by atoms with van der Waals surface area (Å²) in [7, 11) is 0. The van der Waals surface area contributed by atoms with Gasteiger partial charge in [-0.3, -0.25) is 10.1 Å². The predicted octanol–water partition coefficient (Wildman–Crippen LogP) is 4.51. The van der Waals surface area contributed by atoms with Crippen LogP contribution in [0.5, 0.6) is 0 Å². The van der Waals surface area contributed by atoms with E-state index in [4.69, 9.17) is 0 Å². The summed E-state index contributed by atoms with van der Waals surface area (Å²) >= 11 is 0. The minimum Gasteiger partial charge on any atom is -0.342 e. The van der Waals surface area contributed by atoms with Crippen molar-refractivity contribution in [2.45, 2.75) is 20.0 Å². The Labute approximate surface area is 146 Å². The normalized spacial score (nSPS) is 10.4. The molecule has 0 atom stereocenters. The summed E-state index contributed by atoms with van der Waals surface area (Å²) in [4.78, 5) is 17.5. The predicted molar refractivity (Wildman–Crippen MR) is 98.4 cm³/mol. The molecule has 0 saturated carbocycles. The summed E-state index contributed by atoms with van der Waals surface area (Å²) in [6.45, 7) is 2.84. The molecule has 0 radical (unpaired) electrons. The van der Waals surface area contributed by atoms with E-state index in [1.807, 2.05) is 65.6 Å². The smallest absolute Gasteiger partial charge is 0.314 e. The lowest BCUT2D eigenvalue weighted by Gasteiger charge is -2.24. The molecule has 5 heteroatoms. The first-order valence-corrected chi connectivity index (χ1v) is 8.08. The number of hydrogen-bond acceptors (Lipinski definition) is 4. The van der Waals surface area contributed by atoms with Crippen LogP contribution in [0.1, 0.15) is 16.7 Å². The number of anilines is 1. The number of pyridine rings is 1. The molecule has 0 bridgehead atoms. The number of hydrogen-bond donors (Lipinski definition) is 0. The molecule has 0 fully saturated rings. The molecule has 3 aromatic rings. The quantitative estimate of drug-likeness (QED) is 0.492. The van der Waals surface area contributed by atoms with E-state index in [9.17, 15) is 10.1 Å². The van der Waals surface area contributed by atoms with Crippen LogP contribution < -0.4 is 4.90 Å². The van der Waals surface area contributed by atoms with Crippen molar-refractivity contribution >= 4 is 11.5 Å². The van der Waals surface area contributed by atoms with Crippen LogP contribution in [0.4, 0.5) is 11.5 Å². The van der Waals surface area contributed by atoms with Gasteiger partial charge < -0.3 is 4.90 Å². The van der Waals surface area contributed by atoms with Crippen molar-refractivity contribution < 1.29 is 4.92 Å². The molecule has 0 spiro atoms. The second-order valence-corrected chi connectivity index (χ2v) is 5.88. The summed E-state index contributed by atoms with van der Waals surface area (Å²) in [6, 6.07) is 21.5. The van der Waals surface area contributed by atoms with Crippen molar-refractivity contribution in [1.82, 2.24) is 4.98 Å². The number of aromatic nitrogens is 1. The number of nitrogens with zero attached hydrogens (tertiary/aromatic N) is 3. The highest BCUT2D eigenvalue weighted by Gasteiger charge is 2.24. The highest BCUT2D eigenvalue weighted by molar-refractivity contribution is 5.61. The summed E-state index contributed by atoms with van der Waals surface area (Å²) in [6.07, 6.45) is 1.63. The van der Waals surface area contributed by atoms with Crippen molar-refractivity contribution in [1.29, 1.82) is 0 Å². The summed E-state index contributed by atoms with van der Waals surface area (Å²) in [5.74, 6) is 0.401. The maximum absolute atomic E-state index is 11.6. The monoisotopic (exact) mass is 333 g/mol. The van der Waals surface area contributed by atoms with Gasteiger partial charge in [0.25, 0.3) is 0 Å². The van der Waals surface area contributed by atoms with E-state index in [0.29, 0.717) is 24.5 Å². The molecule has 25 heavy (non-hydrogen) atoms. The molecule has 0 N–H and O–H groups in total. The zero-order valence-corrected chi connectivity index (χ0v) is 14.0. The Kier molecular flexibility index (Phi) is 5.04. The molecule has 0 aliphatic heterocycles. The van der Waals surface area contributed by atoms with Gasteiger partial charge in [-0.1, -0.05) is 60.7 Å². The van der Waals surface area contributed by atoms with Crippen LogP contribution in [0.2, 0.25) is 0 Å². The van der Waals surface area contributed by atoms with Gasteiger partial charge in [0.1, 0.15) is 0 Å². The van der Waals surface area contributed by atoms with Crippen LogP contribution in [0.25, 0.3) is 0 Å². The van der Waals surface area contributed by atoms with E-state index in [-0.39, 0.29) is 10.6 Å². The summed E-state index contributed by atoms with van der Waals surface area (Å²) < 4.78 is 0. The Morgan fingerprint density at radius 2 is 1.44 bits per heavy atom. The lowest BCUT2D eigenvalue weighted by Crippen LogP contribution is -2.24. The first kappa shape index (κ1) is 16.6. The zero-order valence-electron chi connectivity index (χ0n) is 14.0. The summed E-state index contributed by atoms with van der Waals surface area (Å²) in [5.41, 5.74) is 2.84. The van der Waals surface area contributed by atoms with E-state index in [1.165, 1.54) is 0 Å². The third kappa shape index (κ3) is 4.01. The molecule has 126 valence electrons. The van der Waals surface area contributed by atoms with Crippen LogP contribution in [-0.4, -0.2) is 9.91 Å². The first-order valence-electron chi connectivity index (χ1n) is 8.08. The molecule has 1 aromatic heterocycles. The van der Waals surface area contributed by atoms with Crippen molar-refractivity contribution in [2.75, 3.05) is 4.90 Å². The fraction of sp³-hybridized carbons (Fsp3) is 0.150. The molecule has 2 aromatic carbocycles. The lowest BCUT2D eigenvalue weighted by atomic mass is 10.1. The Bertz CT molecular complexity index is 810. The van der Waals surface area contributed by atoms with E-state index in [2.05, 4.69) is 4.98 Å². The van der Waals surface area contributed by atoms with E-state index >= 15 is 0 Å². The second kappa shape index (κ2) is 7.57. The van der Waals surface area contributed by atoms with Gasteiger partial charge in [-0.2, -0.15) is 0 Å². The second-order valence-electron chi connectivity index (χ2n) is 5.88. The number of nitro groups is 1. The number of benzene rings is 2. The van der Waals surface area contributed by atoms with Crippen LogP contribution in [-0.2, 0) is 13.1 Å². The largest absolute Gasteiger partial charge is 0.342 e. The minimum atomic E-state index is -0.347. The SMILES string of the molecule is Cc1ccnc(N(Cc2ccccc2)Cc2ccccc2)c1[N+](=O)[O-]. The molecular weight excluding hydrogens is 314 g/mol. The molecule has 5 nitrogen and oxygen atoms in total. The standard InChI is InChI=1S/C20H19N3O2/c1-16-12-13-21-20(19(16)23(24)25)22(14-17-8-4-2-5-9-17)15-18-10-6-3-7-11-18/h2-13H,14-15H2,1H3. The van der Waals surface area contributed by atoms with E-state index in [1.54, 1.807) is 19.2 Å². The Hall–Kier alpha value is -3.21. The third-order valence-electron chi connectivity index (χ3n) is 4.02. The maximum atomic E-state index is 11.6. The molecule has 3 rings (SSSR count). The van der Waals surface area contributed by atoms with Gasteiger partial charge in [0, 0.05) is 24.8 Å².